The van der Waals surface area contributed by atoms with Crippen LogP contribution in [-0.4, -0.2) is 26.2 Å². The molecule has 0 aromatic heterocycles. The molecule has 0 heterocycles. The number of rotatable bonds is 2. The summed E-state index contributed by atoms with van der Waals surface area (Å²) in [5.74, 6) is 0.987. The number of esters is 2. The molecule has 4 heteroatoms. The smallest absolute Gasteiger partial charge is 0.314 e. The van der Waals surface area contributed by atoms with Gasteiger partial charge in [0.1, 0.15) is 0 Å². The van der Waals surface area contributed by atoms with E-state index in [4.69, 9.17) is 9.47 Å². The predicted octanol–water partition coefficient (Wildman–Crippen LogP) is 1.18. The van der Waals surface area contributed by atoms with E-state index in [1.165, 1.54) is 14.2 Å². The minimum absolute atomic E-state index is 0.148. The molecule has 8 bridgehead atoms. The lowest BCUT2D eigenvalue weighted by atomic mass is 9.53. The standard InChI is InChI=1S/C16H16O4/c1-19-13(17)15-7-3-5-9-11(7)12-8(15)4-6-10(12)16(9,15)14(18)20-2/h3-12H,1-2H3. The number of carbonyl (C=O) groups is 2. The second-order valence-electron chi connectivity index (χ2n) is 6.75. The molecule has 0 radical (unpaired) electrons. The molecule has 0 aliphatic heterocycles. The zero-order valence-electron chi connectivity index (χ0n) is 11.4. The van der Waals surface area contributed by atoms with Gasteiger partial charge in [0.05, 0.1) is 25.0 Å². The molecular formula is C16H16O4. The molecule has 4 atom stereocenters. The van der Waals surface area contributed by atoms with Gasteiger partial charge in [-0.15, -0.1) is 0 Å². The average Bonchev–Trinajstić information content (AvgIpc) is 3.23. The van der Waals surface area contributed by atoms with Gasteiger partial charge >= 0.3 is 11.9 Å². The number of hydrogen-bond donors (Lipinski definition) is 0. The molecule has 4 fully saturated rings. The molecule has 0 N–H and O–H groups in total. The van der Waals surface area contributed by atoms with E-state index in [2.05, 4.69) is 24.3 Å². The van der Waals surface area contributed by atoms with Crippen molar-refractivity contribution < 1.29 is 19.1 Å². The minimum atomic E-state index is -0.705. The van der Waals surface area contributed by atoms with Gasteiger partial charge in [0.2, 0.25) is 0 Å². The summed E-state index contributed by atoms with van der Waals surface area (Å²) in [6, 6.07) is 0. The molecule has 6 aliphatic carbocycles. The van der Waals surface area contributed by atoms with Gasteiger partial charge in [-0.05, 0) is 35.5 Å². The van der Waals surface area contributed by atoms with Crippen molar-refractivity contribution in [2.45, 2.75) is 0 Å². The van der Waals surface area contributed by atoms with Gasteiger partial charge in [0.15, 0.2) is 0 Å². The third kappa shape index (κ3) is 0.651. The first-order valence-electron chi connectivity index (χ1n) is 7.20. The molecule has 0 spiro atoms. The van der Waals surface area contributed by atoms with Gasteiger partial charge in [0, 0.05) is 0 Å². The number of methoxy groups -OCH3 is 2. The molecule has 0 saturated heterocycles. The van der Waals surface area contributed by atoms with Crippen molar-refractivity contribution in [1.82, 2.24) is 0 Å². The molecule has 6 aliphatic rings. The summed E-state index contributed by atoms with van der Waals surface area (Å²) in [5, 5.41) is 0. The lowest BCUT2D eigenvalue weighted by Gasteiger charge is -2.48. The van der Waals surface area contributed by atoms with Gasteiger partial charge < -0.3 is 9.47 Å². The first-order valence-corrected chi connectivity index (χ1v) is 7.20. The highest BCUT2D eigenvalue weighted by molar-refractivity contribution is 5.95. The predicted molar refractivity (Wildman–Crippen MR) is 68.1 cm³/mol. The maximum atomic E-state index is 12.7. The summed E-state index contributed by atoms with van der Waals surface area (Å²) in [5.41, 5.74) is -1.41. The maximum Gasteiger partial charge on any atom is 0.314 e. The fourth-order valence-electron chi connectivity index (χ4n) is 6.99. The normalized spacial score (nSPS) is 57.9. The average molecular weight is 272 g/mol. The highest BCUT2D eigenvalue weighted by atomic mass is 16.5. The fourth-order valence-corrected chi connectivity index (χ4v) is 6.99. The van der Waals surface area contributed by atoms with E-state index >= 15 is 0 Å². The second kappa shape index (κ2) is 2.87. The Morgan fingerprint density at radius 1 is 0.750 bits per heavy atom. The molecular weight excluding hydrogens is 256 g/mol. The first kappa shape index (κ1) is 11.1. The molecule has 104 valence electrons. The lowest BCUT2D eigenvalue weighted by Crippen LogP contribution is -2.58. The van der Waals surface area contributed by atoms with Crippen LogP contribution in [0.1, 0.15) is 0 Å². The first-order chi connectivity index (χ1) is 9.67. The lowest BCUT2D eigenvalue weighted by molar-refractivity contribution is -0.182. The SMILES string of the molecule is COC(=O)C12C3C=CC4C3C3C1C=CC3C42C(=O)OC. The van der Waals surface area contributed by atoms with E-state index in [0.717, 1.165) is 0 Å². The summed E-state index contributed by atoms with van der Waals surface area (Å²) in [4.78, 5) is 25.5. The van der Waals surface area contributed by atoms with Crippen LogP contribution in [0.15, 0.2) is 24.3 Å². The van der Waals surface area contributed by atoms with Crippen molar-refractivity contribution >= 4 is 11.9 Å². The van der Waals surface area contributed by atoms with Crippen molar-refractivity contribution in [1.29, 1.82) is 0 Å². The Morgan fingerprint density at radius 3 is 1.30 bits per heavy atom. The Hall–Kier alpha value is -1.58. The Morgan fingerprint density at radius 2 is 1.05 bits per heavy atom. The van der Waals surface area contributed by atoms with E-state index in [0.29, 0.717) is 11.8 Å². The van der Waals surface area contributed by atoms with Crippen LogP contribution in [0.25, 0.3) is 0 Å². The Kier molecular flexibility index (Phi) is 1.60. The van der Waals surface area contributed by atoms with E-state index < -0.39 is 10.8 Å². The number of hydrogen-bond acceptors (Lipinski definition) is 4. The van der Waals surface area contributed by atoms with E-state index in [9.17, 15) is 9.59 Å². The zero-order chi connectivity index (χ0) is 13.9. The number of carbonyl (C=O) groups excluding carboxylic acids is 2. The van der Waals surface area contributed by atoms with Gasteiger partial charge in [-0.1, -0.05) is 24.3 Å². The van der Waals surface area contributed by atoms with E-state index in [-0.39, 0.29) is 35.6 Å². The quantitative estimate of drug-likeness (QED) is 0.559. The van der Waals surface area contributed by atoms with Crippen LogP contribution in [0.4, 0.5) is 0 Å². The molecule has 4 unspecified atom stereocenters. The highest BCUT2D eigenvalue weighted by Crippen LogP contribution is 2.90. The van der Waals surface area contributed by atoms with Crippen LogP contribution in [0.3, 0.4) is 0 Å². The molecule has 0 aromatic carbocycles. The number of ether oxygens (including phenoxy) is 2. The summed E-state index contributed by atoms with van der Waals surface area (Å²) in [6.45, 7) is 0. The summed E-state index contributed by atoms with van der Waals surface area (Å²) >= 11 is 0. The van der Waals surface area contributed by atoms with E-state index in [1.54, 1.807) is 0 Å². The van der Waals surface area contributed by atoms with Gasteiger partial charge in [-0.3, -0.25) is 9.59 Å². The Balaban J connectivity index is 1.86. The van der Waals surface area contributed by atoms with Crippen molar-refractivity contribution in [3.63, 3.8) is 0 Å². The maximum absolute atomic E-state index is 12.7. The van der Waals surface area contributed by atoms with Crippen LogP contribution in [0.2, 0.25) is 0 Å². The fraction of sp³-hybridized carbons (Fsp3) is 0.625. The Labute approximate surface area is 116 Å². The molecule has 6 rings (SSSR count). The molecule has 20 heavy (non-hydrogen) atoms. The van der Waals surface area contributed by atoms with Crippen molar-refractivity contribution in [3.8, 4) is 0 Å². The molecule has 0 amide bonds. The molecule has 4 nitrogen and oxygen atoms in total. The van der Waals surface area contributed by atoms with Crippen molar-refractivity contribution in [2.24, 2.45) is 46.3 Å². The summed E-state index contributed by atoms with van der Waals surface area (Å²) < 4.78 is 10.3. The van der Waals surface area contributed by atoms with Crippen molar-refractivity contribution in [3.05, 3.63) is 24.3 Å². The highest BCUT2D eigenvalue weighted by Gasteiger charge is 2.94. The number of allylic oxidation sites excluding steroid dienone is 4. The Bertz CT molecular complexity index is 534. The van der Waals surface area contributed by atoms with Crippen LogP contribution < -0.4 is 0 Å². The van der Waals surface area contributed by atoms with Gasteiger partial charge in [0.25, 0.3) is 0 Å². The van der Waals surface area contributed by atoms with Crippen LogP contribution in [0.5, 0.6) is 0 Å². The minimum Gasteiger partial charge on any atom is -0.469 e. The van der Waals surface area contributed by atoms with Crippen LogP contribution in [0, 0.1) is 46.3 Å². The van der Waals surface area contributed by atoms with Crippen LogP contribution in [-0.2, 0) is 19.1 Å². The van der Waals surface area contributed by atoms with Gasteiger partial charge in [-0.2, -0.15) is 0 Å². The summed E-state index contributed by atoms with van der Waals surface area (Å²) in [6.07, 6.45) is 8.59. The molecule has 4 saturated carbocycles. The zero-order valence-corrected chi connectivity index (χ0v) is 11.4. The molecule has 0 aromatic rings. The van der Waals surface area contributed by atoms with Crippen LogP contribution >= 0.6 is 0 Å². The second-order valence-corrected chi connectivity index (χ2v) is 6.75. The topological polar surface area (TPSA) is 52.6 Å². The van der Waals surface area contributed by atoms with Gasteiger partial charge in [-0.25, -0.2) is 0 Å². The van der Waals surface area contributed by atoms with Crippen molar-refractivity contribution in [2.75, 3.05) is 14.2 Å². The van der Waals surface area contributed by atoms with E-state index in [1.807, 2.05) is 0 Å². The third-order valence-corrected chi connectivity index (χ3v) is 6.99. The third-order valence-electron chi connectivity index (χ3n) is 6.99. The summed E-state index contributed by atoms with van der Waals surface area (Å²) in [7, 11) is 2.86. The monoisotopic (exact) mass is 272 g/mol. The largest absolute Gasteiger partial charge is 0.469 e.